The highest BCUT2D eigenvalue weighted by atomic mass is 32.1. The van der Waals surface area contributed by atoms with Crippen molar-refractivity contribution in [2.24, 2.45) is 5.92 Å². The van der Waals surface area contributed by atoms with E-state index in [1.807, 2.05) is 61.5 Å². The van der Waals surface area contributed by atoms with Gasteiger partial charge in [-0.05, 0) is 62.8 Å². The number of hydrogen-bond acceptors (Lipinski definition) is 7. The van der Waals surface area contributed by atoms with Crippen molar-refractivity contribution in [2.45, 2.75) is 51.7 Å². The molecule has 2 aliphatic heterocycles. The first-order valence-electron chi connectivity index (χ1n) is 12.8. The van der Waals surface area contributed by atoms with Gasteiger partial charge >= 0.3 is 5.97 Å². The van der Waals surface area contributed by atoms with Crippen molar-refractivity contribution in [3.8, 4) is 0 Å². The summed E-state index contributed by atoms with van der Waals surface area (Å²) in [5.74, 6) is -2.00. The van der Waals surface area contributed by atoms with Gasteiger partial charge in [0.25, 0.3) is 5.91 Å². The van der Waals surface area contributed by atoms with Crippen molar-refractivity contribution in [3.63, 3.8) is 0 Å². The van der Waals surface area contributed by atoms with Gasteiger partial charge in [0.1, 0.15) is 10.9 Å². The Kier molecular flexibility index (Phi) is 6.09. The predicted octanol–water partition coefficient (Wildman–Crippen LogP) is 5.16. The summed E-state index contributed by atoms with van der Waals surface area (Å²) in [6, 6.07) is 17.0. The summed E-state index contributed by atoms with van der Waals surface area (Å²) in [7, 11) is 0. The van der Waals surface area contributed by atoms with Crippen LogP contribution in [0.5, 0.6) is 0 Å². The molecule has 0 unspecified atom stereocenters. The van der Waals surface area contributed by atoms with Crippen molar-refractivity contribution >= 4 is 39.8 Å². The molecule has 0 spiro atoms. The molecular weight excluding hydrogens is 488 g/mol. The number of hydrogen-bond donors (Lipinski definition) is 0. The van der Waals surface area contributed by atoms with Crippen molar-refractivity contribution in [3.05, 3.63) is 81.7 Å². The van der Waals surface area contributed by atoms with E-state index >= 15 is 0 Å². The van der Waals surface area contributed by atoms with Gasteiger partial charge in [-0.15, -0.1) is 11.3 Å². The summed E-state index contributed by atoms with van der Waals surface area (Å²) in [5, 5.41) is 2.08. The van der Waals surface area contributed by atoms with E-state index in [-0.39, 0.29) is 12.5 Å². The predicted molar refractivity (Wildman–Crippen MR) is 141 cm³/mol. The monoisotopic (exact) mass is 516 g/mol. The SMILES string of the molecule is CCOC(=O)c1c(N2C(=O)[C@H]3[C@@H](c4ccc(C)cc4)N(c4ccccc4)O[C@H]3C2=O)sc2c1CCCC2. The van der Waals surface area contributed by atoms with Crippen LogP contribution in [0, 0.1) is 12.8 Å². The maximum absolute atomic E-state index is 14.1. The highest BCUT2D eigenvalue weighted by molar-refractivity contribution is 7.17. The lowest BCUT2D eigenvalue weighted by Crippen LogP contribution is -2.37. The van der Waals surface area contributed by atoms with Crippen LogP contribution in [0.1, 0.15) is 57.7 Å². The Morgan fingerprint density at radius 2 is 1.76 bits per heavy atom. The zero-order valence-corrected chi connectivity index (χ0v) is 21.6. The Balaban J connectivity index is 1.44. The van der Waals surface area contributed by atoms with Gasteiger partial charge < -0.3 is 4.74 Å². The van der Waals surface area contributed by atoms with Crippen LogP contribution in [-0.2, 0) is 32.0 Å². The third-order valence-corrected chi connectivity index (χ3v) is 8.66. The summed E-state index contributed by atoms with van der Waals surface area (Å²) in [6.07, 6.45) is 2.58. The second-order valence-electron chi connectivity index (χ2n) is 9.69. The topological polar surface area (TPSA) is 76.2 Å². The van der Waals surface area contributed by atoms with Crippen molar-refractivity contribution < 1.29 is 24.0 Å². The molecule has 2 aromatic carbocycles. The van der Waals surface area contributed by atoms with Crippen LogP contribution in [0.25, 0.3) is 0 Å². The summed E-state index contributed by atoms with van der Waals surface area (Å²) < 4.78 is 5.37. The number of ether oxygens (including phenoxy) is 1. The molecule has 2 saturated heterocycles. The van der Waals surface area contributed by atoms with Crippen LogP contribution in [-0.4, -0.2) is 30.5 Å². The summed E-state index contributed by atoms with van der Waals surface area (Å²) in [4.78, 5) is 49.6. The quantitative estimate of drug-likeness (QED) is 0.344. The van der Waals surface area contributed by atoms with Crippen LogP contribution in [0.3, 0.4) is 0 Å². The number of anilines is 2. The van der Waals surface area contributed by atoms with E-state index in [0.29, 0.717) is 10.6 Å². The van der Waals surface area contributed by atoms with Gasteiger partial charge in [-0.3, -0.25) is 14.4 Å². The Labute approximate surface area is 219 Å². The highest BCUT2D eigenvalue weighted by Gasteiger charge is 2.61. The molecule has 0 saturated carbocycles. The molecule has 3 atom stereocenters. The number of amides is 2. The van der Waals surface area contributed by atoms with E-state index in [2.05, 4.69) is 0 Å². The number of rotatable bonds is 5. The van der Waals surface area contributed by atoms with Gasteiger partial charge in [-0.2, -0.15) is 0 Å². The van der Waals surface area contributed by atoms with Crippen LogP contribution < -0.4 is 9.96 Å². The summed E-state index contributed by atoms with van der Waals surface area (Å²) >= 11 is 1.37. The molecule has 190 valence electrons. The van der Waals surface area contributed by atoms with Crippen molar-refractivity contribution in [2.75, 3.05) is 16.6 Å². The second-order valence-corrected chi connectivity index (χ2v) is 10.8. The lowest BCUT2D eigenvalue weighted by atomic mass is 9.90. The highest BCUT2D eigenvalue weighted by Crippen LogP contribution is 2.50. The van der Waals surface area contributed by atoms with E-state index in [1.165, 1.54) is 16.2 Å². The van der Waals surface area contributed by atoms with E-state index in [1.54, 1.807) is 12.0 Å². The number of hydroxylamine groups is 1. The normalized spacial score (nSPS) is 22.8. The number of carbonyl (C=O) groups excluding carboxylic acids is 3. The Morgan fingerprint density at radius 1 is 1.03 bits per heavy atom. The number of esters is 1. The molecule has 0 bridgehead atoms. The minimum Gasteiger partial charge on any atom is -0.462 e. The molecule has 0 radical (unpaired) electrons. The number of nitrogens with zero attached hydrogens (tertiary/aromatic N) is 2. The molecule has 1 aromatic heterocycles. The van der Waals surface area contributed by atoms with Gasteiger partial charge in [-0.25, -0.2) is 14.8 Å². The van der Waals surface area contributed by atoms with Gasteiger partial charge in [0.2, 0.25) is 5.91 Å². The summed E-state index contributed by atoms with van der Waals surface area (Å²) in [6.45, 7) is 3.99. The Hall–Kier alpha value is -3.49. The number of benzene rings is 2. The number of fused-ring (bicyclic) bond motifs is 2. The number of carbonyl (C=O) groups is 3. The molecule has 0 N–H and O–H groups in total. The molecule has 2 amide bonds. The second kappa shape index (κ2) is 9.43. The summed E-state index contributed by atoms with van der Waals surface area (Å²) in [5.41, 5.74) is 4.05. The average Bonchev–Trinajstić information content (AvgIpc) is 3.55. The number of imide groups is 1. The Bertz CT molecular complexity index is 1370. The molecule has 3 aliphatic rings. The fourth-order valence-corrected chi connectivity index (χ4v) is 7.03. The minimum absolute atomic E-state index is 0.223. The first-order valence-corrected chi connectivity index (χ1v) is 13.6. The molecule has 3 aromatic rings. The van der Waals surface area contributed by atoms with E-state index < -0.39 is 29.9 Å². The third kappa shape index (κ3) is 3.86. The lowest BCUT2D eigenvalue weighted by molar-refractivity contribution is -0.126. The fraction of sp³-hybridized carbons (Fsp3) is 0.345. The fourth-order valence-electron chi connectivity index (χ4n) is 5.64. The molecule has 8 heteroatoms. The minimum atomic E-state index is -0.979. The van der Waals surface area contributed by atoms with E-state index in [0.717, 1.165) is 52.9 Å². The first kappa shape index (κ1) is 23.9. The molecule has 7 nitrogen and oxygen atoms in total. The zero-order chi connectivity index (χ0) is 25.7. The number of aryl methyl sites for hydroxylation is 2. The largest absolute Gasteiger partial charge is 0.462 e. The molecule has 1 aliphatic carbocycles. The van der Waals surface area contributed by atoms with Crippen molar-refractivity contribution in [1.29, 1.82) is 0 Å². The van der Waals surface area contributed by atoms with Gasteiger partial charge in [-0.1, -0.05) is 48.0 Å². The van der Waals surface area contributed by atoms with E-state index in [4.69, 9.17) is 9.57 Å². The van der Waals surface area contributed by atoms with Crippen molar-refractivity contribution in [1.82, 2.24) is 0 Å². The Morgan fingerprint density at radius 3 is 2.49 bits per heavy atom. The first-order chi connectivity index (χ1) is 18.0. The molecule has 3 heterocycles. The maximum atomic E-state index is 14.1. The molecule has 6 rings (SSSR count). The standard InChI is InChI=1S/C29H28N2O5S/c1-3-35-29(34)22-20-11-7-8-12-21(20)37-28(22)30-26(32)23-24(18-15-13-17(2)14-16-18)31(36-25(23)27(30)33)19-9-5-4-6-10-19/h4-6,9-10,13-16,23-25H,3,7-8,11-12H2,1-2H3/t23-,24+,25+/m0/s1. The molecule has 2 fully saturated rings. The van der Waals surface area contributed by atoms with Gasteiger partial charge in [0.15, 0.2) is 6.10 Å². The molecule has 37 heavy (non-hydrogen) atoms. The average molecular weight is 517 g/mol. The third-order valence-electron chi connectivity index (χ3n) is 7.38. The van der Waals surface area contributed by atoms with Crippen LogP contribution in [0.15, 0.2) is 54.6 Å². The van der Waals surface area contributed by atoms with Crippen LogP contribution >= 0.6 is 11.3 Å². The lowest BCUT2D eigenvalue weighted by Gasteiger charge is -2.28. The smallest absolute Gasteiger partial charge is 0.341 e. The van der Waals surface area contributed by atoms with Crippen LogP contribution in [0.4, 0.5) is 10.7 Å². The van der Waals surface area contributed by atoms with Gasteiger partial charge in [0, 0.05) is 4.88 Å². The van der Waals surface area contributed by atoms with E-state index in [9.17, 15) is 14.4 Å². The zero-order valence-electron chi connectivity index (χ0n) is 20.8. The number of thiophene rings is 1. The van der Waals surface area contributed by atoms with Gasteiger partial charge in [0.05, 0.1) is 23.9 Å². The number of para-hydroxylation sites is 1. The maximum Gasteiger partial charge on any atom is 0.341 e. The van der Waals surface area contributed by atoms with Crippen LogP contribution in [0.2, 0.25) is 0 Å². The molecular formula is C29H28N2O5S.